The topological polar surface area (TPSA) is 185 Å². The lowest BCUT2D eigenvalue weighted by Crippen LogP contribution is -2.25. The van der Waals surface area contributed by atoms with Crippen molar-refractivity contribution in [1.82, 2.24) is 0 Å². The molecule has 4 aliphatic heterocycles. The maximum absolute atomic E-state index is 14.3. The van der Waals surface area contributed by atoms with Gasteiger partial charge in [0.05, 0.1) is 19.6 Å². The Morgan fingerprint density at radius 2 is 1.75 bits per heavy atom. The lowest BCUT2D eigenvalue weighted by molar-refractivity contribution is -0.121. The van der Waals surface area contributed by atoms with Crippen LogP contribution in [-0.4, -0.2) is 65.6 Å². The first-order valence-corrected chi connectivity index (χ1v) is 29.2. The van der Waals surface area contributed by atoms with Crippen LogP contribution in [0.5, 0.6) is 17.2 Å². The molecule has 5 aromatic carbocycles. The van der Waals surface area contributed by atoms with E-state index < -0.39 is 18.3 Å². The number of phenols is 1. The second-order valence-corrected chi connectivity index (χ2v) is 22.9. The number of nitrogens with one attached hydrogen (secondary N) is 1. The van der Waals surface area contributed by atoms with Crippen LogP contribution in [0.4, 0.5) is 5.69 Å². The minimum atomic E-state index is -1.89. The number of rotatable bonds is 14. The van der Waals surface area contributed by atoms with E-state index in [0.29, 0.717) is 72.2 Å². The van der Waals surface area contributed by atoms with Crippen LogP contribution in [0.3, 0.4) is 0 Å². The van der Waals surface area contributed by atoms with Gasteiger partial charge in [0.25, 0.3) is 0 Å². The highest BCUT2D eigenvalue weighted by molar-refractivity contribution is 6.01. The number of hydrogen-bond donors (Lipinski definition) is 6. The van der Waals surface area contributed by atoms with E-state index in [4.69, 9.17) is 24.7 Å². The molecule has 3 aliphatic carbocycles. The molecule has 1 fully saturated rings. The molecule has 12 heteroatoms. The average molecular weight is 1080 g/mol. The molecule has 10 bridgehead atoms. The summed E-state index contributed by atoms with van der Waals surface area (Å²) in [5.74, 6) is 4.57. The number of fused-ring (bicyclic) bond motifs is 8. The molecule has 0 aromatic heterocycles. The number of methoxy groups -OCH3 is 1. The molecular formula is C68H79N3O9. The zero-order chi connectivity index (χ0) is 55.7. The van der Waals surface area contributed by atoms with Crippen LogP contribution in [0.15, 0.2) is 113 Å². The normalized spacial score (nSPS) is 22.5. The number of benzene rings is 5. The van der Waals surface area contributed by atoms with Crippen molar-refractivity contribution in [3.8, 4) is 29.3 Å². The molecule has 80 heavy (non-hydrogen) atoms. The predicted molar refractivity (Wildman–Crippen MR) is 316 cm³/mol. The minimum absolute atomic E-state index is 0.0183. The number of aliphatic hydroxyl groups excluding tert-OH is 2. The number of anilines is 1. The summed E-state index contributed by atoms with van der Waals surface area (Å²) in [5.41, 5.74) is 15.0. The summed E-state index contributed by atoms with van der Waals surface area (Å²) in [4.78, 5) is 18.4. The quantitative estimate of drug-likeness (QED) is 0.0204. The van der Waals surface area contributed by atoms with Gasteiger partial charge in [-0.15, -0.1) is 0 Å². The minimum Gasteiger partial charge on any atom is -0.508 e. The summed E-state index contributed by atoms with van der Waals surface area (Å²) in [6.07, 6.45) is 21.9. The zero-order valence-electron chi connectivity index (χ0n) is 46.7. The van der Waals surface area contributed by atoms with Crippen LogP contribution in [0.2, 0.25) is 0 Å². The van der Waals surface area contributed by atoms with Crippen molar-refractivity contribution < 1.29 is 44.2 Å². The number of nitrogens with two attached hydrogens (primary N) is 1. The van der Waals surface area contributed by atoms with E-state index in [2.05, 4.69) is 77.8 Å². The molecule has 1 saturated carbocycles. The molecule has 7 aliphatic rings. The Morgan fingerprint density at radius 3 is 2.56 bits per heavy atom. The van der Waals surface area contributed by atoms with Gasteiger partial charge in [-0.2, -0.15) is 0 Å². The Morgan fingerprint density at radius 1 is 0.925 bits per heavy atom. The molecule has 12 rings (SSSR count). The molecule has 5 aromatic rings. The number of Topliss-reactive ketones (excluding diaryl/α,β-unsaturated/α-hetero) is 1. The highest BCUT2D eigenvalue weighted by Crippen LogP contribution is 2.50. The number of aliphatic imine (C=N–C) groups is 1. The number of carbonyl (C=O) groups is 1. The van der Waals surface area contributed by atoms with Crippen LogP contribution in [-0.2, 0) is 40.1 Å². The second kappa shape index (κ2) is 26.0. The molecule has 0 amide bonds. The smallest absolute Gasteiger partial charge is 0.192 e. The molecular weight excluding hydrogens is 1000 g/mol. The van der Waals surface area contributed by atoms with Gasteiger partial charge in [0.15, 0.2) is 23.7 Å². The summed E-state index contributed by atoms with van der Waals surface area (Å²) in [5, 5.41) is 52.2. The molecule has 12 nitrogen and oxygen atoms in total. The van der Waals surface area contributed by atoms with Gasteiger partial charge in [0.2, 0.25) is 0 Å². The lowest BCUT2D eigenvalue weighted by Gasteiger charge is -2.31. The number of aromatic hydroxyl groups is 1. The first kappa shape index (κ1) is 56.2. The fourth-order valence-electron chi connectivity index (χ4n) is 13.1. The highest BCUT2D eigenvalue weighted by Gasteiger charge is 2.35. The van der Waals surface area contributed by atoms with Gasteiger partial charge < -0.3 is 50.4 Å². The lowest BCUT2D eigenvalue weighted by atomic mass is 9.73. The largest absolute Gasteiger partial charge is 0.508 e. The molecule has 0 unspecified atom stereocenters. The first-order valence-electron chi connectivity index (χ1n) is 29.2. The van der Waals surface area contributed by atoms with Crippen molar-refractivity contribution >= 4 is 34.3 Å². The van der Waals surface area contributed by atoms with Gasteiger partial charge in [-0.3, -0.25) is 9.79 Å². The number of aliphatic hydroxyl groups is 3. The Labute approximate surface area is 471 Å². The maximum Gasteiger partial charge on any atom is 0.192 e. The van der Waals surface area contributed by atoms with E-state index in [1.807, 2.05) is 48.6 Å². The molecule has 420 valence electrons. The number of hydrogen-bond acceptors (Lipinski definition) is 10. The van der Waals surface area contributed by atoms with Crippen molar-refractivity contribution in [2.45, 2.75) is 146 Å². The van der Waals surface area contributed by atoms with Crippen LogP contribution < -0.4 is 20.5 Å². The van der Waals surface area contributed by atoms with Gasteiger partial charge in [0.1, 0.15) is 36.1 Å². The Balaban J connectivity index is 1.08. The molecule has 0 spiro atoms. The molecule has 0 radical (unpaired) electrons. The van der Waals surface area contributed by atoms with E-state index in [1.165, 1.54) is 37.7 Å². The second-order valence-electron chi connectivity index (χ2n) is 22.9. The SMILES string of the molecule is CN=C(N)Nc1cccc(CCCC[C@@H]2C=C3CC[C@H](c4cccc(CCOCC5CCCCC5)c4)[C@H]4C#CO[C@H](CC(=O)CCc5ccc(OC)c(c5)OCc5c(C(O)O)cc6c4c(O)cc4c6c5C=C[C@@H]4C)C[C@H]2C=C3O)c1. The van der Waals surface area contributed by atoms with Crippen molar-refractivity contribution in [3.05, 3.63) is 158 Å². The van der Waals surface area contributed by atoms with Crippen molar-refractivity contribution in [3.63, 3.8) is 0 Å². The van der Waals surface area contributed by atoms with Gasteiger partial charge in [-0.05, 0) is 174 Å². The fourth-order valence-corrected chi connectivity index (χ4v) is 13.1. The summed E-state index contributed by atoms with van der Waals surface area (Å²) >= 11 is 0. The van der Waals surface area contributed by atoms with Crippen LogP contribution in [0.25, 0.3) is 16.8 Å². The van der Waals surface area contributed by atoms with Crippen molar-refractivity contribution in [2.24, 2.45) is 28.5 Å². The summed E-state index contributed by atoms with van der Waals surface area (Å²) < 4.78 is 25.5. The highest BCUT2D eigenvalue weighted by atomic mass is 16.5. The Hall–Kier alpha value is -7.04. The number of unbranched alkanes of at least 4 members (excludes halogenated alkanes) is 1. The third-order valence-electron chi connectivity index (χ3n) is 17.5. The number of ketones is 1. The fraction of sp³-hybridized carbons (Fsp3) is 0.441. The number of carbonyl (C=O) groups excluding carboxylic acids is 1. The Bertz CT molecular complexity index is 3230. The third-order valence-corrected chi connectivity index (χ3v) is 17.5. The monoisotopic (exact) mass is 1080 g/mol. The van der Waals surface area contributed by atoms with E-state index in [0.717, 1.165) is 83.2 Å². The predicted octanol–water partition coefficient (Wildman–Crippen LogP) is 13.1. The zero-order valence-corrected chi connectivity index (χ0v) is 46.7. The standard InChI is InChI=1S/C68H79N3O9/c1-42-19-24-55-60-41-80-64-33-45(21-26-63(64)77-3)20-23-52(72)37-53-35-50-36-61(73)49(34-47(50)16-8-7-11-43-15-10-18-51(32-43)71-68(69)70-2)22-25-54(48-17-9-14-44(31-48)27-29-78-40-46-12-5-4-6-13-46)56(28-30-79-53)66-59(38-58(60)67(75)76)65(55)57(42)39-62(66)74/h9-10,14-15,17-19,21,24,26,31-34,36,38-39,42,46-47,50,53-54,56,67,73-76H,4-8,11-13,16,20,22-23,25,27,29,35,37,40-41H2,1-3H3,(H3,69,70,71)/t42-,47+,50-,53-,54+,56+/m0/s1. The Kier molecular flexibility index (Phi) is 18.3. The van der Waals surface area contributed by atoms with E-state index >= 15 is 0 Å². The van der Waals surface area contributed by atoms with Gasteiger partial charge in [-0.1, -0.05) is 99.2 Å². The summed E-state index contributed by atoms with van der Waals surface area (Å²) in [7, 11) is 3.24. The van der Waals surface area contributed by atoms with Gasteiger partial charge in [-0.25, -0.2) is 0 Å². The van der Waals surface area contributed by atoms with Crippen molar-refractivity contribution in [1.29, 1.82) is 0 Å². The van der Waals surface area contributed by atoms with Gasteiger partial charge in [0, 0.05) is 60.7 Å². The molecule has 7 N–H and O–H groups in total. The number of allylic oxidation sites excluding steroid dienone is 4. The number of nitrogens with zero attached hydrogens (tertiary/aromatic N) is 1. The molecule has 4 heterocycles. The maximum atomic E-state index is 14.3. The molecule has 6 atom stereocenters. The van der Waals surface area contributed by atoms with Gasteiger partial charge >= 0.3 is 0 Å². The third kappa shape index (κ3) is 13.2. The van der Waals surface area contributed by atoms with Crippen LogP contribution in [0, 0.1) is 29.8 Å². The average Bonchev–Trinajstić information content (AvgIpc) is 2.79. The van der Waals surface area contributed by atoms with Crippen LogP contribution in [0.1, 0.15) is 165 Å². The summed E-state index contributed by atoms with van der Waals surface area (Å²) in [6, 6.07) is 26.1. The first-order chi connectivity index (χ1) is 38.9. The summed E-state index contributed by atoms with van der Waals surface area (Å²) in [6.45, 7) is 3.44. The number of ether oxygens (including phenoxy) is 4. The number of guanidine groups is 1. The van der Waals surface area contributed by atoms with E-state index in [-0.39, 0.29) is 66.0 Å². The van der Waals surface area contributed by atoms with E-state index in [9.17, 15) is 25.2 Å². The number of phenolic OH excluding ortho intramolecular Hbond substituents is 1. The van der Waals surface area contributed by atoms with E-state index in [1.54, 1.807) is 20.2 Å². The molecule has 0 saturated heterocycles. The number of aryl methyl sites for hydroxylation is 2. The van der Waals surface area contributed by atoms with Crippen LogP contribution >= 0.6 is 0 Å². The van der Waals surface area contributed by atoms with Crippen molar-refractivity contribution in [2.75, 3.05) is 32.7 Å².